The van der Waals surface area contributed by atoms with Crippen molar-refractivity contribution in [2.45, 2.75) is 39.7 Å². The first-order chi connectivity index (χ1) is 9.49. The quantitative estimate of drug-likeness (QED) is 0.733. The zero-order chi connectivity index (χ0) is 14.7. The third kappa shape index (κ3) is 3.34. The van der Waals surface area contributed by atoms with Crippen molar-refractivity contribution in [2.24, 2.45) is 0 Å². The molecule has 0 aromatic heterocycles. The molecule has 2 aromatic rings. The maximum atomic E-state index is 6.16. The molecule has 0 spiro atoms. The molecule has 0 radical (unpaired) electrons. The number of benzene rings is 2. The molecule has 2 aromatic carbocycles. The minimum Gasteiger partial charge on any atom is -0.378 e. The smallest absolute Gasteiger partial charge is 0.0485 e. The molecular formula is C18H22ClN. The molecule has 0 amide bonds. The van der Waals surface area contributed by atoms with E-state index in [1.807, 2.05) is 19.1 Å². The molecule has 0 bridgehead atoms. The summed E-state index contributed by atoms with van der Waals surface area (Å²) in [4.78, 5) is 0. The Hall–Kier alpha value is -1.47. The van der Waals surface area contributed by atoms with E-state index in [2.05, 4.69) is 56.4 Å². The second-order valence-electron chi connectivity index (χ2n) is 5.60. The summed E-state index contributed by atoms with van der Waals surface area (Å²) in [7, 11) is 0. The highest BCUT2D eigenvalue weighted by molar-refractivity contribution is 6.31. The van der Waals surface area contributed by atoms with Gasteiger partial charge < -0.3 is 5.32 Å². The second-order valence-corrected chi connectivity index (χ2v) is 6.01. The molecule has 0 aliphatic rings. The Kier molecular flexibility index (Phi) is 4.72. The van der Waals surface area contributed by atoms with Gasteiger partial charge in [-0.05, 0) is 48.6 Å². The van der Waals surface area contributed by atoms with Crippen LogP contribution in [0.1, 0.15) is 49.4 Å². The van der Waals surface area contributed by atoms with Gasteiger partial charge in [0.25, 0.3) is 0 Å². The standard InChI is InChI=1S/C18H22ClN/c1-12(2)15-8-10-16(11-9-15)14(4)20-18-7-5-6-17(19)13(18)3/h5-12,14,20H,1-4H3. The predicted molar refractivity (Wildman–Crippen MR) is 88.8 cm³/mol. The minimum atomic E-state index is 0.258. The largest absolute Gasteiger partial charge is 0.378 e. The Labute approximate surface area is 127 Å². The highest BCUT2D eigenvalue weighted by Gasteiger charge is 2.09. The van der Waals surface area contributed by atoms with Gasteiger partial charge in [0.15, 0.2) is 0 Å². The van der Waals surface area contributed by atoms with E-state index in [0.717, 1.165) is 16.3 Å². The van der Waals surface area contributed by atoms with Crippen LogP contribution >= 0.6 is 11.6 Å². The molecule has 1 atom stereocenters. The average Bonchev–Trinajstić information content (AvgIpc) is 2.44. The molecule has 0 saturated heterocycles. The van der Waals surface area contributed by atoms with E-state index in [-0.39, 0.29) is 6.04 Å². The molecule has 0 fully saturated rings. The maximum absolute atomic E-state index is 6.16. The molecule has 1 unspecified atom stereocenters. The Balaban J connectivity index is 2.15. The summed E-state index contributed by atoms with van der Waals surface area (Å²) in [5.74, 6) is 0.572. The highest BCUT2D eigenvalue weighted by atomic mass is 35.5. The van der Waals surface area contributed by atoms with Crippen molar-refractivity contribution in [2.75, 3.05) is 5.32 Å². The lowest BCUT2D eigenvalue weighted by Crippen LogP contribution is -2.08. The number of nitrogens with one attached hydrogen (secondary N) is 1. The summed E-state index contributed by atoms with van der Waals surface area (Å²) < 4.78 is 0. The van der Waals surface area contributed by atoms with E-state index in [9.17, 15) is 0 Å². The van der Waals surface area contributed by atoms with Crippen molar-refractivity contribution in [1.29, 1.82) is 0 Å². The lowest BCUT2D eigenvalue weighted by molar-refractivity contribution is 0.851. The van der Waals surface area contributed by atoms with Crippen molar-refractivity contribution in [1.82, 2.24) is 0 Å². The SMILES string of the molecule is Cc1c(Cl)cccc1NC(C)c1ccc(C(C)C)cc1. The van der Waals surface area contributed by atoms with Crippen molar-refractivity contribution in [3.8, 4) is 0 Å². The predicted octanol–water partition coefficient (Wildman–Crippen LogP) is 5.94. The van der Waals surface area contributed by atoms with Crippen LogP contribution in [0.2, 0.25) is 5.02 Å². The van der Waals surface area contributed by atoms with E-state index >= 15 is 0 Å². The van der Waals surface area contributed by atoms with E-state index < -0.39 is 0 Å². The van der Waals surface area contributed by atoms with Gasteiger partial charge in [-0.3, -0.25) is 0 Å². The van der Waals surface area contributed by atoms with Gasteiger partial charge in [-0.15, -0.1) is 0 Å². The average molecular weight is 288 g/mol. The van der Waals surface area contributed by atoms with Crippen LogP contribution in [0.5, 0.6) is 0 Å². The summed E-state index contributed by atoms with van der Waals surface area (Å²) in [6.07, 6.45) is 0. The topological polar surface area (TPSA) is 12.0 Å². The molecule has 0 saturated carbocycles. The molecule has 0 aliphatic heterocycles. The molecule has 1 N–H and O–H groups in total. The Morgan fingerprint density at radius 3 is 2.10 bits per heavy atom. The zero-order valence-electron chi connectivity index (χ0n) is 12.6. The van der Waals surface area contributed by atoms with E-state index in [1.54, 1.807) is 0 Å². The molecule has 1 nitrogen and oxygen atoms in total. The first-order valence-electron chi connectivity index (χ1n) is 7.10. The Bertz CT molecular complexity index is 572. The van der Waals surface area contributed by atoms with Crippen LogP contribution in [0.4, 0.5) is 5.69 Å². The summed E-state index contributed by atoms with van der Waals surface area (Å²) >= 11 is 6.16. The number of halogens is 1. The fourth-order valence-electron chi connectivity index (χ4n) is 2.25. The summed E-state index contributed by atoms with van der Waals surface area (Å²) in [6, 6.07) is 15.1. The normalized spacial score (nSPS) is 12.5. The van der Waals surface area contributed by atoms with Crippen LogP contribution in [-0.4, -0.2) is 0 Å². The Morgan fingerprint density at radius 1 is 0.900 bits per heavy atom. The fourth-order valence-corrected chi connectivity index (χ4v) is 2.42. The van der Waals surface area contributed by atoms with Crippen LogP contribution in [0.3, 0.4) is 0 Å². The van der Waals surface area contributed by atoms with Crippen LogP contribution < -0.4 is 5.32 Å². The molecule has 20 heavy (non-hydrogen) atoms. The van der Waals surface area contributed by atoms with E-state index in [0.29, 0.717) is 5.92 Å². The first kappa shape index (κ1) is 14.9. The van der Waals surface area contributed by atoms with Gasteiger partial charge in [0.05, 0.1) is 0 Å². The fraction of sp³-hybridized carbons (Fsp3) is 0.333. The van der Waals surface area contributed by atoms with Gasteiger partial charge in [-0.1, -0.05) is 55.8 Å². The van der Waals surface area contributed by atoms with E-state index in [1.165, 1.54) is 11.1 Å². The molecule has 0 aliphatic carbocycles. The number of hydrogen-bond donors (Lipinski definition) is 1. The molecular weight excluding hydrogens is 266 g/mol. The van der Waals surface area contributed by atoms with Gasteiger partial charge in [-0.2, -0.15) is 0 Å². The van der Waals surface area contributed by atoms with Gasteiger partial charge in [0.2, 0.25) is 0 Å². The van der Waals surface area contributed by atoms with Gasteiger partial charge in [0.1, 0.15) is 0 Å². The third-order valence-corrected chi connectivity index (χ3v) is 4.15. The second kappa shape index (κ2) is 6.32. The summed E-state index contributed by atoms with van der Waals surface area (Å²) in [6.45, 7) is 8.64. The van der Waals surface area contributed by atoms with E-state index in [4.69, 9.17) is 11.6 Å². The summed E-state index contributed by atoms with van der Waals surface area (Å²) in [5, 5.41) is 4.33. The lowest BCUT2D eigenvalue weighted by Gasteiger charge is -2.18. The van der Waals surface area contributed by atoms with Gasteiger partial charge in [0, 0.05) is 16.8 Å². The maximum Gasteiger partial charge on any atom is 0.0485 e. The number of hydrogen-bond acceptors (Lipinski definition) is 1. The number of anilines is 1. The highest BCUT2D eigenvalue weighted by Crippen LogP contribution is 2.27. The number of rotatable bonds is 4. The first-order valence-corrected chi connectivity index (χ1v) is 7.48. The third-order valence-electron chi connectivity index (χ3n) is 3.74. The zero-order valence-corrected chi connectivity index (χ0v) is 13.3. The summed E-state index contributed by atoms with van der Waals surface area (Å²) in [5.41, 5.74) is 4.85. The van der Waals surface area contributed by atoms with Crippen molar-refractivity contribution >= 4 is 17.3 Å². The van der Waals surface area contributed by atoms with Crippen LogP contribution in [0.25, 0.3) is 0 Å². The lowest BCUT2D eigenvalue weighted by atomic mass is 9.99. The van der Waals surface area contributed by atoms with Crippen molar-refractivity contribution in [3.63, 3.8) is 0 Å². The monoisotopic (exact) mass is 287 g/mol. The van der Waals surface area contributed by atoms with Crippen LogP contribution in [0.15, 0.2) is 42.5 Å². The molecule has 2 heteroatoms. The van der Waals surface area contributed by atoms with Crippen molar-refractivity contribution in [3.05, 3.63) is 64.2 Å². The molecule has 106 valence electrons. The van der Waals surface area contributed by atoms with Crippen LogP contribution in [-0.2, 0) is 0 Å². The Morgan fingerprint density at radius 2 is 1.50 bits per heavy atom. The van der Waals surface area contributed by atoms with Crippen LogP contribution in [0, 0.1) is 6.92 Å². The minimum absolute atomic E-state index is 0.258. The van der Waals surface area contributed by atoms with Gasteiger partial charge in [-0.25, -0.2) is 0 Å². The molecule has 0 heterocycles. The molecule has 2 rings (SSSR count). The van der Waals surface area contributed by atoms with Crippen molar-refractivity contribution < 1.29 is 0 Å². The van der Waals surface area contributed by atoms with Gasteiger partial charge >= 0.3 is 0 Å².